The highest BCUT2D eigenvalue weighted by Crippen LogP contribution is 2.15. The Balaban J connectivity index is 3.93. The van der Waals surface area contributed by atoms with Crippen LogP contribution in [0.3, 0.4) is 0 Å². The van der Waals surface area contributed by atoms with Crippen LogP contribution in [0.25, 0.3) is 0 Å². The van der Waals surface area contributed by atoms with E-state index < -0.39 is 0 Å². The molecule has 47 heavy (non-hydrogen) atoms. The standard InChI is InChI=1S/C44H89NO2/c1-4-7-10-13-16-19-22-23-24-25-26-27-30-33-36-39-44(46)47-43-42-45(40-37-34-31-28-20-17-14-11-8-5-2)41-38-35-32-29-21-18-15-12-9-6-3/h4-43H2,1-3H3. The first-order valence-electron chi connectivity index (χ1n) is 22.1. The van der Waals surface area contributed by atoms with E-state index in [1.165, 1.54) is 231 Å². The maximum Gasteiger partial charge on any atom is 0.305 e. The number of carbonyl (C=O) groups is 1. The summed E-state index contributed by atoms with van der Waals surface area (Å²) in [7, 11) is 0. The van der Waals surface area contributed by atoms with E-state index in [1.54, 1.807) is 0 Å². The number of hydrogen-bond acceptors (Lipinski definition) is 3. The minimum atomic E-state index is 0.0255. The lowest BCUT2D eigenvalue weighted by Crippen LogP contribution is -2.30. The monoisotopic (exact) mass is 664 g/mol. The summed E-state index contributed by atoms with van der Waals surface area (Å²) in [5.74, 6) is 0.0255. The average Bonchev–Trinajstić information content (AvgIpc) is 3.07. The lowest BCUT2D eigenvalue weighted by Gasteiger charge is -2.22. The van der Waals surface area contributed by atoms with Gasteiger partial charge in [0.25, 0.3) is 0 Å². The molecule has 0 radical (unpaired) electrons. The molecule has 3 heteroatoms. The molecule has 282 valence electrons. The highest BCUT2D eigenvalue weighted by atomic mass is 16.5. The lowest BCUT2D eigenvalue weighted by molar-refractivity contribution is -0.144. The molecule has 0 aromatic rings. The fourth-order valence-corrected chi connectivity index (χ4v) is 6.98. The summed E-state index contributed by atoms with van der Waals surface area (Å²) in [4.78, 5) is 15.0. The molecule has 0 rings (SSSR count). The predicted octanol–water partition coefficient (Wildman–Crippen LogP) is 14.9. The van der Waals surface area contributed by atoms with Gasteiger partial charge in [0.2, 0.25) is 0 Å². The molecule has 0 unspecified atom stereocenters. The molecule has 3 nitrogen and oxygen atoms in total. The van der Waals surface area contributed by atoms with Gasteiger partial charge in [0.05, 0.1) is 0 Å². The first-order valence-corrected chi connectivity index (χ1v) is 22.1. The Morgan fingerprint density at radius 1 is 0.340 bits per heavy atom. The van der Waals surface area contributed by atoms with E-state index in [0.29, 0.717) is 13.0 Å². The molecule has 0 aromatic carbocycles. The van der Waals surface area contributed by atoms with Crippen molar-refractivity contribution in [3.8, 4) is 0 Å². The molecule has 0 aliphatic heterocycles. The molecule has 0 saturated carbocycles. The van der Waals surface area contributed by atoms with Crippen molar-refractivity contribution in [3.63, 3.8) is 0 Å². The summed E-state index contributed by atoms with van der Waals surface area (Å²) >= 11 is 0. The molecular weight excluding hydrogens is 574 g/mol. The minimum absolute atomic E-state index is 0.0255. The van der Waals surface area contributed by atoms with Crippen LogP contribution in [0, 0.1) is 0 Å². The topological polar surface area (TPSA) is 29.5 Å². The van der Waals surface area contributed by atoms with Crippen molar-refractivity contribution in [3.05, 3.63) is 0 Å². The van der Waals surface area contributed by atoms with Gasteiger partial charge in [0.1, 0.15) is 6.61 Å². The Bertz CT molecular complexity index is 555. The smallest absolute Gasteiger partial charge is 0.305 e. The van der Waals surface area contributed by atoms with Crippen molar-refractivity contribution in [2.75, 3.05) is 26.2 Å². The van der Waals surface area contributed by atoms with Gasteiger partial charge in [0.15, 0.2) is 0 Å². The van der Waals surface area contributed by atoms with E-state index in [1.807, 2.05) is 0 Å². The largest absolute Gasteiger partial charge is 0.464 e. The van der Waals surface area contributed by atoms with Crippen LogP contribution in [-0.2, 0) is 9.53 Å². The molecular formula is C44H89NO2. The van der Waals surface area contributed by atoms with Crippen LogP contribution < -0.4 is 0 Å². The number of ether oxygens (including phenoxy) is 1. The summed E-state index contributed by atoms with van der Waals surface area (Å²) in [6, 6.07) is 0. The van der Waals surface area contributed by atoms with Gasteiger partial charge in [0, 0.05) is 13.0 Å². The molecule has 0 aliphatic carbocycles. The molecule has 0 atom stereocenters. The van der Waals surface area contributed by atoms with Crippen molar-refractivity contribution in [1.29, 1.82) is 0 Å². The normalized spacial score (nSPS) is 11.6. The van der Waals surface area contributed by atoms with E-state index in [9.17, 15) is 4.79 Å². The van der Waals surface area contributed by atoms with Gasteiger partial charge in [-0.05, 0) is 32.4 Å². The molecule has 0 saturated heterocycles. The summed E-state index contributed by atoms with van der Waals surface area (Å²) < 4.78 is 5.71. The highest BCUT2D eigenvalue weighted by Gasteiger charge is 2.08. The van der Waals surface area contributed by atoms with Crippen LogP contribution in [0.2, 0.25) is 0 Å². The first kappa shape index (κ1) is 46.4. The fourth-order valence-electron chi connectivity index (χ4n) is 6.98. The summed E-state index contributed by atoms with van der Waals surface area (Å²) in [6.07, 6.45) is 48.7. The highest BCUT2D eigenvalue weighted by molar-refractivity contribution is 5.69. The molecule has 0 aromatic heterocycles. The van der Waals surface area contributed by atoms with Crippen LogP contribution in [0.15, 0.2) is 0 Å². The van der Waals surface area contributed by atoms with E-state index in [0.717, 1.165) is 13.0 Å². The molecule has 0 amide bonds. The quantitative estimate of drug-likeness (QED) is 0.0481. The predicted molar refractivity (Wildman–Crippen MR) is 211 cm³/mol. The van der Waals surface area contributed by atoms with Gasteiger partial charge in [-0.15, -0.1) is 0 Å². The van der Waals surface area contributed by atoms with E-state index in [-0.39, 0.29) is 5.97 Å². The SMILES string of the molecule is CCCCCCCCCCCCCCCCCC(=O)OCCN(CCCCCCCCCCCC)CCCCCCCCCCCC. The van der Waals surface area contributed by atoms with Crippen LogP contribution in [-0.4, -0.2) is 37.1 Å². The number of unbranched alkanes of at least 4 members (excludes halogenated alkanes) is 32. The van der Waals surface area contributed by atoms with Crippen molar-refractivity contribution >= 4 is 5.97 Å². The Morgan fingerprint density at radius 2 is 0.596 bits per heavy atom. The van der Waals surface area contributed by atoms with Gasteiger partial charge in [-0.1, -0.05) is 226 Å². The third-order valence-corrected chi connectivity index (χ3v) is 10.3. The fraction of sp³-hybridized carbons (Fsp3) is 0.977. The number of esters is 1. The Kier molecular flexibility index (Phi) is 41.1. The van der Waals surface area contributed by atoms with Crippen molar-refractivity contribution < 1.29 is 9.53 Å². The van der Waals surface area contributed by atoms with E-state index in [4.69, 9.17) is 4.74 Å². The third-order valence-electron chi connectivity index (χ3n) is 10.3. The summed E-state index contributed by atoms with van der Waals surface area (Å²) in [6.45, 7) is 10.7. The number of rotatable bonds is 41. The molecule has 0 spiro atoms. The van der Waals surface area contributed by atoms with Gasteiger partial charge in [-0.3, -0.25) is 9.69 Å². The van der Waals surface area contributed by atoms with Crippen LogP contribution in [0.5, 0.6) is 0 Å². The number of nitrogens with zero attached hydrogens (tertiary/aromatic N) is 1. The first-order chi connectivity index (χ1) is 23.2. The van der Waals surface area contributed by atoms with E-state index >= 15 is 0 Å². The maximum atomic E-state index is 12.4. The van der Waals surface area contributed by atoms with E-state index in [2.05, 4.69) is 25.7 Å². The van der Waals surface area contributed by atoms with Crippen molar-refractivity contribution in [1.82, 2.24) is 4.90 Å². The molecule has 0 heterocycles. The summed E-state index contributed by atoms with van der Waals surface area (Å²) in [5, 5.41) is 0. The minimum Gasteiger partial charge on any atom is -0.464 e. The Morgan fingerprint density at radius 3 is 0.894 bits per heavy atom. The second kappa shape index (κ2) is 41.6. The van der Waals surface area contributed by atoms with Gasteiger partial charge in [-0.2, -0.15) is 0 Å². The zero-order valence-corrected chi connectivity index (χ0v) is 33.0. The number of hydrogen-bond donors (Lipinski definition) is 0. The zero-order chi connectivity index (χ0) is 34.1. The Labute approximate surface area is 297 Å². The van der Waals surface area contributed by atoms with Gasteiger partial charge < -0.3 is 4.74 Å². The van der Waals surface area contributed by atoms with Crippen LogP contribution in [0.4, 0.5) is 0 Å². The van der Waals surface area contributed by atoms with Crippen LogP contribution in [0.1, 0.15) is 252 Å². The second-order valence-electron chi connectivity index (χ2n) is 15.1. The molecule has 0 N–H and O–H groups in total. The van der Waals surface area contributed by atoms with Crippen molar-refractivity contribution in [2.24, 2.45) is 0 Å². The molecule has 0 aliphatic rings. The number of carbonyl (C=O) groups excluding carboxylic acids is 1. The summed E-state index contributed by atoms with van der Waals surface area (Å²) in [5.41, 5.74) is 0. The van der Waals surface area contributed by atoms with Gasteiger partial charge >= 0.3 is 5.97 Å². The van der Waals surface area contributed by atoms with Crippen molar-refractivity contribution in [2.45, 2.75) is 252 Å². The zero-order valence-electron chi connectivity index (χ0n) is 33.0. The molecule has 0 fully saturated rings. The molecule has 0 bridgehead atoms. The lowest BCUT2D eigenvalue weighted by atomic mass is 10.0. The third kappa shape index (κ3) is 39.7. The Hall–Kier alpha value is -0.570. The average molecular weight is 664 g/mol. The van der Waals surface area contributed by atoms with Gasteiger partial charge in [-0.25, -0.2) is 0 Å². The van der Waals surface area contributed by atoms with Crippen LogP contribution >= 0.6 is 0 Å². The second-order valence-corrected chi connectivity index (χ2v) is 15.1. The maximum absolute atomic E-state index is 12.4.